The van der Waals surface area contributed by atoms with Crippen LogP contribution in [0.4, 0.5) is 17.3 Å². The molecule has 1 atom stereocenters. The summed E-state index contributed by atoms with van der Waals surface area (Å²) in [6.07, 6.45) is 6.11. The van der Waals surface area contributed by atoms with Gasteiger partial charge in [-0.1, -0.05) is 18.2 Å². The van der Waals surface area contributed by atoms with E-state index in [9.17, 15) is 0 Å². The molecule has 1 aromatic carbocycles. The molecule has 3 N–H and O–H groups in total. The van der Waals surface area contributed by atoms with E-state index in [4.69, 9.17) is 0 Å². The second-order valence-electron chi connectivity index (χ2n) is 6.92. The number of aryl methyl sites for hydroxylation is 1. The Morgan fingerprint density at radius 3 is 2.93 bits per heavy atom. The fourth-order valence-corrected chi connectivity index (χ4v) is 3.26. The normalized spacial score (nSPS) is 16.9. The molecule has 0 amide bonds. The van der Waals surface area contributed by atoms with Gasteiger partial charge in [-0.3, -0.25) is 4.98 Å². The number of nitrogens with zero attached hydrogens (tertiary/aromatic N) is 4. The molecule has 1 aliphatic rings. The first-order valence-corrected chi connectivity index (χ1v) is 9.43. The van der Waals surface area contributed by atoms with Gasteiger partial charge in [0.05, 0.1) is 29.0 Å². The van der Waals surface area contributed by atoms with E-state index in [2.05, 4.69) is 37.1 Å². The molecule has 4 rings (SSSR count). The molecule has 7 heteroatoms. The minimum atomic E-state index is 0.553. The summed E-state index contributed by atoms with van der Waals surface area (Å²) in [5.41, 5.74) is 3.81. The Hall–Kier alpha value is -2.93. The van der Waals surface area contributed by atoms with E-state index in [1.165, 1.54) is 12.8 Å². The second kappa shape index (κ2) is 8.18. The smallest absolute Gasteiger partial charge is 0.247 e. The van der Waals surface area contributed by atoms with Gasteiger partial charge in [0.25, 0.3) is 0 Å². The SMILES string of the molecule is Cc1ncc(NCC2CCCNC2)cc1Nc1ncn(-c2ccccc2)n1. The van der Waals surface area contributed by atoms with E-state index < -0.39 is 0 Å². The third-order valence-electron chi connectivity index (χ3n) is 4.84. The van der Waals surface area contributed by atoms with Crippen LogP contribution in [0.15, 0.2) is 48.9 Å². The number of piperidine rings is 1. The van der Waals surface area contributed by atoms with E-state index in [1.807, 2.05) is 43.5 Å². The summed E-state index contributed by atoms with van der Waals surface area (Å²) < 4.78 is 1.75. The first-order valence-electron chi connectivity index (χ1n) is 9.43. The van der Waals surface area contributed by atoms with Crippen molar-refractivity contribution in [1.82, 2.24) is 25.1 Å². The number of hydrogen-bond donors (Lipinski definition) is 3. The maximum Gasteiger partial charge on any atom is 0.247 e. The molecule has 2 aromatic heterocycles. The molecule has 3 aromatic rings. The van der Waals surface area contributed by atoms with Crippen molar-refractivity contribution in [2.45, 2.75) is 19.8 Å². The summed E-state index contributed by atoms with van der Waals surface area (Å²) in [5.74, 6) is 1.22. The highest BCUT2D eigenvalue weighted by Gasteiger charge is 2.13. The molecule has 1 fully saturated rings. The Kier molecular flexibility index (Phi) is 5.29. The molecule has 7 nitrogen and oxygen atoms in total. The van der Waals surface area contributed by atoms with Crippen molar-refractivity contribution in [1.29, 1.82) is 0 Å². The summed E-state index contributed by atoms with van der Waals surface area (Å²) in [5, 5.41) is 14.8. The molecule has 140 valence electrons. The lowest BCUT2D eigenvalue weighted by atomic mass is 10.00. The van der Waals surface area contributed by atoms with Crippen molar-refractivity contribution in [3.63, 3.8) is 0 Å². The van der Waals surface area contributed by atoms with Gasteiger partial charge in [0.15, 0.2) is 0 Å². The van der Waals surface area contributed by atoms with Gasteiger partial charge < -0.3 is 16.0 Å². The Bertz CT molecular complexity index is 869. The highest BCUT2D eigenvalue weighted by atomic mass is 15.4. The van der Waals surface area contributed by atoms with Crippen molar-refractivity contribution >= 4 is 17.3 Å². The molecule has 1 saturated heterocycles. The first-order chi connectivity index (χ1) is 13.3. The molecule has 1 aliphatic heterocycles. The average molecular weight is 363 g/mol. The number of hydrogen-bond acceptors (Lipinski definition) is 6. The van der Waals surface area contributed by atoms with Crippen molar-refractivity contribution in [3.05, 3.63) is 54.6 Å². The van der Waals surface area contributed by atoms with Gasteiger partial charge in [-0.25, -0.2) is 4.68 Å². The second-order valence-corrected chi connectivity index (χ2v) is 6.92. The van der Waals surface area contributed by atoms with Crippen molar-refractivity contribution in [2.24, 2.45) is 5.92 Å². The van der Waals surface area contributed by atoms with Gasteiger partial charge >= 0.3 is 0 Å². The Balaban J connectivity index is 1.43. The maximum atomic E-state index is 4.50. The fourth-order valence-electron chi connectivity index (χ4n) is 3.26. The van der Waals surface area contributed by atoms with Crippen LogP contribution in [-0.4, -0.2) is 39.4 Å². The fraction of sp³-hybridized carbons (Fsp3) is 0.350. The molecule has 0 bridgehead atoms. The van der Waals surface area contributed by atoms with Crippen molar-refractivity contribution in [2.75, 3.05) is 30.3 Å². The average Bonchev–Trinajstić information content (AvgIpc) is 3.19. The molecular formula is C20H25N7. The Morgan fingerprint density at radius 2 is 2.11 bits per heavy atom. The lowest BCUT2D eigenvalue weighted by molar-refractivity contribution is 0.393. The minimum Gasteiger partial charge on any atom is -0.383 e. The van der Waals surface area contributed by atoms with E-state index >= 15 is 0 Å². The van der Waals surface area contributed by atoms with Crippen LogP contribution in [-0.2, 0) is 0 Å². The topological polar surface area (TPSA) is 79.7 Å². The Morgan fingerprint density at radius 1 is 1.22 bits per heavy atom. The molecule has 27 heavy (non-hydrogen) atoms. The van der Waals surface area contributed by atoms with Crippen LogP contribution in [0.25, 0.3) is 5.69 Å². The molecule has 3 heterocycles. The highest BCUT2D eigenvalue weighted by molar-refractivity contribution is 5.62. The summed E-state index contributed by atoms with van der Waals surface area (Å²) in [7, 11) is 0. The maximum absolute atomic E-state index is 4.50. The number of para-hydroxylation sites is 1. The summed E-state index contributed by atoms with van der Waals surface area (Å²) in [4.78, 5) is 8.86. The van der Waals surface area contributed by atoms with Gasteiger partial charge in [-0.2, -0.15) is 4.98 Å². The van der Waals surface area contributed by atoms with Crippen LogP contribution in [0, 0.1) is 12.8 Å². The third kappa shape index (κ3) is 4.43. The lowest BCUT2D eigenvalue weighted by Crippen LogP contribution is -2.33. The number of rotatable bonds is 6. The predicted molar refractivity (Wildman–Crippen MR) is 108 cm³/mol. The number of aromatic nitrogens is 4. The number of benzene rings is 1. The monoisotopic (exact) mass is 363 g/mol. The Labute approximate surface area is 159 Å². The highest BCUT2D eigenvalue weighted by Crippen LogP contribution is 2.21. The quantitative estimate of drug-likeness (QED) is 0.624. The largest absolute Gasteiger partial charge is 0.383 e. The summed E-state index contributed by atoms with van der Waals surface area (Å²) >= 11 is 0. The minimum absolute atomic E-state index is 0.553. The van der Waals surface area contributed by atoms with E-state index in [0.29, 0.717) is 11.9 Å². The van der Waals surface area contributed by atoms with Gasteiger partial charge in [0.1, 0.15) is 6.33 Å². The molecule has 0 saturated carbocycles. The van der Waals surface area contributed by atoms with E-state index in [1.54, 1.807) is 11.0 Å². The van der Waals surface area contributed by atoms with Crippen LogP contribution in [0.2, 0.25) is 0 Å². The summed E-state index contributed by atoms with van der Waals surface area (Å²) in [6.45, 7) is 5.15. The zero-order valence-corrected chi connectivity index (χ0v) is 15.5. The van der Waals surface area contributed by atoms with Crippen molar-refractivity contribution < 1.29 is 0 Å². The third-order valence-corrected chi connectivity index (χ3v) is 4.84. The predicted octanol–water partition coefficient (Wildman–Crippen LogP) is 3.13. The molecule has 1 unspecified atom stereocenters. The molecular weight excluding hydrogens is 338 g/mol. The van der Waals surface area contributed by atoms with Gasteiger partial charge in [-0.05, 0) is 57.0 Å². The molecule has 0 aliphatic carbocycles. The van der Waals surface area contributed by atoms with Gasteiger partial charge in [0, 0.05) is 6.54 Å². The number of nitrogens with one attached hydrogen (secondary N) is 3. The summed E-state index contributed by atoms with van der Waals surface area (Å²) in [6, 6.07) is 12.0. The zero-order valence-electron chi connectivity index (χ0n) is 15.5. The van der Waals surface area contributed by atoms with Crippen LogP contribution in [0.5, 0.6) is 0 Å². The van der Waals surface area contributed by atoms with Gasteiger partial charge in [-0.15, -0.1) is 5.10 Å². The van der Waals surface area contributed by atoms with Crippen molar-refractivity contribution in [3.8, 4) is 5.69 Å². The number of anilines is 3. The standard InChI is InChI=1S/C20H25N7/c1-15-19(10-17(13-22-15)23-12-16-6-5-9-21-11-16)25-20-24-14-27(26-20)18-7-3-2-4-8-18/h2-4,7-8,10,13-14,16,21,23H,5-6,9,11-12H2,1H3,(H,25,26). The lowest BCUT2D eigenvalue weighted by Gasteiger charge is -2.23. The van der Waals surface area contributed by atoms with Crippen LogP contribution in [0.3, 0.4) is 0 Å². The van der Waals surface area contributed by atoms with Crippen LogP contribution < -0.4 is 16.0 Å². The van der Waals surface area contributed by atoms with Crippen LogP contribution in [0.1, 0.15) is 18.5 Å². The zero-order chi connectivity index (χ0) is 18.5. The number of pyridine rings is 1. The first kappa shape index (κ1) is 17.5. The molecule has 0 spiro atoms. The van der Waals surface area contributed by atoms with E-state index in [0.717, 1.165) is 42.4 Å². The van der Waals surface area contributed by atoms with Gasteiger partial charge in [0.2, 0.25) is 5.95 Å². The van der Waals surface area contributed by atoms with Crippen LogP contribution >= 0.6 is 0 Å². The van der Waals surface area contributed by atoms with E-state index in [-0.39, 0.29) is 0 Å². The molecule has 0 radical (unpaired) electrons.